The van der Waals surface area contributed by atoms with Gasteiger partial charge in [0, 0.05) is 18.2 Å². The van der Waals surface area contributed by atoms with Crippen molar-refractivity contribution in [1.82, 2.24) is 4.31 Å². The maximum absolute atomic E-state index is 12.9. The Morgan fingerprint density at radius 2 is 1.90 bits per heavy atom. The summed E-state index contributed by atoms with van der Waals surface area (Å²) in [6.45, 7) is 6.37. The maximum atomic E-state index is 12.9. The summed E-state index contributed by atoms with van der Waals surface area (Å²) in [6, 6.07) is 6.55. The molecule has 0 aliphatic carbocycles. The largest absolute Gasteiger partial charge is 0.389 e. The minimum Gasteiger partial charge on any atom is -0.389 e. The van der Waals surface area contributed by atoms with Crippen molar-refractivity contribution in [2.24, 2.45) is 5.73 Å². The van der Waals surface area contributed by atoms with Crippen LogP contribution in [0.25, 0.3) is 0 Å². The Kier molecular flexibility index (Phi) is 6.77. The highest BCUT2D eigenvalue weighted by Crippen LogP contribution is 2.22. The molecule has 1 rings (SSSR count). The van der Waals surface area contributed by atoms with Gasteiger partial charge in [-0.1, -0.05) is 50.2 Å². The van der Waals surface area contributed by atoms with Crippen molar-refractivity contribution in [1.29, 1.82) is 0 Å². The maximum Gasteiger partial charge on any atom is 0.244 e. The first-order chi connectivity index (χ1) is 9.82. The molecule has 0 fully saturated rings. The fraction of sp³-hybridized carbons (Fsp3) is 0.533. The monoisotopic (exact) mass is 328 g/mol. The summed E-state index contributed by atoms with van der Waals surface area (Å²) in [6.07, 6.45) is 2.91. The highest BCUT2D eigenvalue weighted by molar-refractivity contribution is 7.89. The molecule has 6 heteroatoms. The Labute approximate surface area is 133 Å². The Morgan fingerprint density at radius 3 is 2.43 bits per heavy atom. The average Bonchev–Trinajstić information content (AvgIpc) is 2.42. The lowest BCUT2D eigenvalue weighted by atomic mass is 10.2. The van der Waals surface area contributed by atoms with Gasteiger partial charge >= 0.3 is 0 Å². The predicted molar refractivity (Wildman–Crippen MR) is 90.9 cm³/mol. The third kappa shape index (κ3) is 4.49. The average molecular weight is 329 g/mol. The van der Waals surface area contributed by atoms with E-state index in [1.807, 2.05) is 13.8 Å². The number of sulfonamides is 1. The zero-order valence-electron chi connectivity index (χ0n) is 12.9. The van der Waals surface area contributed by atoms with Crippen LogP contribution in [0.3, 0.4) is 0 Å². The van der Waals surface area contributed by atoms with Crippen LogP contribution in [0.2, 0.25) is 0 Å². The molecule has 118 valence electrons. The Bertz CT molecular complexity index is 583. The first kappa shape index (κ1) is 18.1. The van der Waals surface area contributed by atoms with Gasteiger partial charge in [0.1, 0.15) is 4.99 Å². The van der Waals surface area contributed by atoms with Gasteiger partial charge in [0.25, 0.3) is 0 Å². The van der Waals surface area contributed by atoms with E-state index in [-0.39, 0.29) is 15.9 Å². The van der Waals surface area contributed by atoms with Crippen LogP contribution < -0.4 is 5.73 Å². The van der Waals surface area contributed by atoms with Gasteiger partial charge in [0.15, 0.2) is 0 Å². The summed E-state index contributed by atoms with van der Waals surface area (Å²) >= 11 is 4.97. The Balaban J connectivity index is 3.20. The van der Waals surface area contributed by atoms with E-state index in [0.717, 1.165) is 19.3 Å². The van der Waals surface area contributed by atoms with Crippen LogP contribution >= 0.6 is 12.2 Å². The van der Waals surface area contributed by atoms with Crippen LogP contribution in [-0.4, -0.2) is 30.3 Å². The van der Waals surface area contributed by atoms with Gasteiger partial charge in [-0.25, -0.2) is 8.42 Å². The first-order valence-electron chi connectivity index (χ1n) is 7.23. The lowest BCUT2D eigenvalue weighted by Gasteiger charge is -2.26. The number of nitrogens with zero attached hydrogens (tertiary/aromatic N) is 1. The van der Waals surface area contributed by atoms with E-state index in [4.69, 9.17) is 18.0 Å². The first-order valence-corrected chi connectivity index (χ1v) is 9.07. The molecule has 0 amide bonds. The quantitative estimate of drug-likeness (QED) is 0.589. The number of hydrogen-bond acceptors (Lipinski definition) is 3. The summed E-state index contributed by atoms with van der Waals surface area (Å²) < 4.78 is 27.3. The van der Waals surface area contributed by atoms with Gasteiger partial charge in [-0.05, 0) is 26.3 Å². The van der Waals surface area contributed by atoms with Gasteiger partial charge in [0.05, 0.1) is 4.90 Å². The fourth-order valence-electron chi connectivity index (χ4n) is 2.20. The summed E-state index contributed by atoms with van der Waals surface area (Å²) in [5.41, 5.74) is 6.07. The third-order valence-electron chi connectivity index (χ3n) is 3.30. The summed E-state index contributed by atoms with van der Waals surface area (Å²) in [7, 11) is -3.59. The van der Waals surface area contributed by atoms with Crippen molar-refractivity contribution in [3.8, 4) is 0 Å². The molecule has 0 saturated carbocycles. The number of nitrogens with two attached hydrogens (primary N) is 1. The molecule has 21 heavy (non-hydrogen) atoms. The van der Waals surface area contributed by atoms with Gasteiger partial charge in [-0.15, -0.1) is 0 Å². The van der Waals surface area contributed by atoms with E-state index in [1.54, 1.807) is 24.3 Å². The smallest absolute Gasteiger partial charge is 0.244 e. The van der Waals surface area contributed by atoms with Crippen molar-refractivity contribution >= 4 is 27.2 Å². The van der Waals surface area contributed by atoms with E-state index in [2.05, 4.69) is 6.92 Å². The van der Waals surface area contributed by atoms with Crippen molar-refractivity contribution in [3.05, 3.63) is 29.8 Å². The minimum absolute atomic E-state index is 0.103. The molecule has 0 radical (unpaired) electrons. The van der Waals surface area contributed by atoms with Crippen LogP contribution in [0.15, 0.2) is 29.2 Å². The van der Waals surface area contributed by atoms with Crippen molar-refractivity contribution < 1.29 is 8.42 Å². The summed E-state index contributed by atoms with van der Waals surface area (Å²) in [5, 5.41) is 0. The van der Waals surface area contributed by atoms with E-state index in [0.29, 0.717) is 12.1 Å². The Hall–Kier alpha value is -0.980. The SMILES string of the molecule is CCCCCN(C(C)C)S(=O)(=O)c1ccccc1C(N)=S. The second-order valence-corrected chi connectivity index (χ2v) is 7.58. The van der Waals surface area contributed by atoms with Crippen LogP contribution in [0, 0.1) is 0 Å². The van der Waals surface area contributed by atoms with Crippen LogP contribution in [0.5, 0.6) is 0 Å². The van der Waals surface area contributed by atoms with Gasteiger partial charge in [0.2, 0.25) is 10.0 Å². The van der Waals surface area contributed by atoms with Crippen molar-refractivity contribution in [2.45, 2.75) is 51.0 Å². The molecule has 0 aromatic heterocycles. The molecular weight excluding hydrogens is 304 g/mol. The lowest BCUT2D eigenvalue weighted by Crippen LogP contribution is -2.38. The molecule has 0 heterocycles. The van der Waals surface area contributed by atoms with E-state index in [9.17, 15) is 8.42 Å². The molecule has 0 bridgehead atoms. The molecule has 4 nitrogen and oxygen atoms in total. The van der Waals surface area contributed by atoms with Gasteiger partial charge in [-0.2, -0.15) is 4.31 Å². The standard InChI is InChI=1S/C15H24N2O2S2/c1-4-5-8-11-17(12(2)3)21(18,19)14-10-7-6-9-13(14)15(16)20/h6-7,9-10,12H,4-5,8,11H2,1-3H3,(H2,16,20). The fourth-order valence-corrected chi connectivity index (χ4v) is 4.32. The lowest BCUT2D eigenvalue weighted by molar-refractivity contribution is 0.345. The predicted octanol–water partition coefficient (Wildman–Crippen LogP) is 2.91. The molecule has 0 aliphatic heterocycles. The molecule has 0 saturated heterocycles. The van der Waals surface area contributed by atoms with E-state index in [1.165, 1.54) is 4.31 Å². The normalized spacial score (nSPS) is 12.0. The van der Waals surface area contributed by atoms with Crippen molar-refractivity contribution in [2.75, 3.05) is 6.54 Å². The number of thiocarbonyl (C=S) groups is 1. The molecular formula is C15H24N2O2S2. The summed E-state index contributed by atoms with van der Waals surface area (Å²) in [5.74, 6) is 0. The highest BCUT2D eigenvalue weighted by atomic mass is 32.2. The summed E-state index contributed by atoms with van der Waals surface area (Å²) in [4.78, 5) is 0.300. The third-order valence-corrected chi connectivity index (χ3v) is 5.65. The molecule has 0 spiro atoms. The zero-order valence-corrected chi connectivity index (χ0v) is 14.5. The highest BCUT2D eigenvalue weighted by Gasteiger charge is 2.29. The minimum atomic E-state index is -3.59. The van der Waals surface area contributed by atoms with E-state index >= 15 is 0 Å². The number of rotatable bonds is 8. The van der Waals surface area contributed by atoms with Crippen molar-refractivity contribution in [3.63, 3.8) is 0 Å². The number of benzene rings is 1. The Morgan fingerprint density at radius 1 is 1.29 bits per heavy atom. The molecule has 0 unspecified atom stereocenters. The van der Waals surface area contributed by atoms with E-state index < -0.39 is 10.0 Å². The molecule has 1 aromatic rings. The van der Waals surface area contributed by atoms with Crippen LogP contribution in [0.4, 0.5) is 0 Å². The van der Waals surface area contributed by atoms with Crippen LogP contribution in [0.1, 0.15) is 45.6 Å². The number of unbranched alkanes of at least 4 members (excludes halogenated alkanes) is 2. The number of hydrogen-bond donors (Lipinski definition) is 1. The van der Waals surface area contributed by atoms with Gasteiger partial charge in [-0.3, -0.25) is 0 Å². The molecule has 0 atom stereocenters. The zero-order chi connectivity index (χ0) is 16.0. The molecule has 1 aromatic carbocycles. The second-order valence-electron chi connectivity index (χ2n) is 5.28. The topological polar surface area (TPSA) is 63.4 Å². The van der Waals surface area contributed by atoms with Gasteiger partial charge < -0.3 is 5.73 Å². The molecule has 0 aliphatic rings. The second kappa shape index (κ2) is 7.87. The molecule has 2 N–H and O–H groups in total. The van der Waals surface area contributed by atoms with Crippen LogP contribution in [-0.2, 0) is 10.0 Å².